The Morgan fingerprint density at radius 3 is 2.70 bits per heavy atom. The van der Waals surface area contributed by atoms with E-state index in [1.807, 2.05) is 0 Å². The zero-order chi connectivity index (χ0) is 20.1. The summed E-state index contributed by atoms with van der Waals surface area (Å²) in [5, 5.41) is 34.3. The van der Waals surface area contributed by atoms with E-state index in [2.05, 4.69) is 42.4 Å². The number of phenolic OH excluding ortho intramolecular Hbond substituents is 2. The SMILES string of the molecule is O=C(COc1ccc(Cl)cc1[N+](=O)[O-])N/N=C\c1cc(Br)c(O)c(Br)c1O. The largest absolute Gasteiger partial charge is 0.506 e. The first kappa shape index (κ1) is 20.9. The molecule has 0 atom stereocenters. The van der Waals surface area contributed by atoms with Gasteiger partial charge in [0.15, 0.2) is 12.4 Å². The molecule has 3 N–H and O–H groups in total. The average Bonchev–Trinajstić information content (AvgIpc) is 2.62. The summed E-state index contributed by atoms with van der Waals surface area (Å²) in [7, 11) is 0. The number of rotatable bonds is 6. The molecule has 12 heteroatoms. The summed E-state index contributed by atoms with van der Waals surface area (Å²) in [4.78, 5) is 22.0. The number of nitro benzene ring substituents is 1. The number of amides is 1. The summed E-state index contributed by atoms with van der Waals surface area (Å²) < 4.78 is 5.47. The van der Waals surface area contributed by atoms with Crippen molar-refractivity contribution in [3.05, 3.63) is 53.9 Å². The molecule has 0 aliphatic rings. The minimum absolute atomic E-state index is 0.0584. The van der Waals surface area contributed by atoms with Crippen LogP contribution in [0.15, 0.2) is 38.3 Å². The van der Waals surface area contributed by atoms with Crippen LogP contribution in [0.25, 0.3) is 0 Å². The van der Waals surface area contributed by atoms with Crippen LogP contribution in [0.4, 0.5) is 5.69 Å². The summed E-state index contributed by atoms with van der Waals surface area (Å²) in [5.41, 5.74) is 1.98. The van der Waals surface area contributed by atoms with E-state index in [0.717, 1.165) is 12.3 Å². The smallest absolute Gasteiger partial charge is 0.312 e. The number of carbonyl (C=O) groups is 1. The summed E-state index contributed by atoms with van der Waals surface area (Å²) in [6, 6.07) is 5.17. The topological polar surface area (TPSA) is 134 Å². The first-order valence-electron chi connectivity index (χ1n) is 6.99. The van der Waals surface area contributed by atoms with E-state index in [1.165, 1.54) is 18.2 Å². The lowest BCUT2D eigenvalue weighted by Gasteiger charge is -2.07. The molecule has 0 saturated carbocycles. The van der Waals surface area contributed by atoms with Crippen LogP contribution >= 0.6 is 43.5 Å². The van der Waals surface area contributed by atoms with E-state index in [9.17, 15) is 25.1 Å². The van der Waals surface area contributed by atoms with Crippen molar-refractivity contribution in [1.82, 2.24) is 5.43 Å². The molecule has 0 fully saturated rings. The van der Waals surface area contributed by atoms with Gasteiger partial charge in [0.2, 0.25) is 0 Å². The molecule has 1 amide bonds. The Morgan fingerprint density at radius 1 is 1.33 bits per heavy atom. The third kappa shape index (κ3) is 5.31. The maximum Gasteiger partial charge on any atom is 0.312 e. The molecular weight excluding hydrogens is 513 g/mol. The summed E-state index contributed by atoms with van der Waals surface area (Å²) >= 11 is 11.8. The Kier molecular flexibility index (Phi) is 6.99. The molecule has 0 aliphatic heterocycles. The molecular formula is C15H10Br2ClN3O6. The highest BCUT2D eigenvalue weighted by Crippen LogP contribution is 2.40. The van der Waals surface area contributed by atoms with Gasteiger partial charge in [-0.2, -0.15) is 5.10 Å². The maximum atomic E-state index is 11.8. The molecule has 0 saturated heterocycles. The molecule has 0 bridgehead atoms. The van der Waals surface area contributed by atoms with Crippen molar-refractivity contribution < 1.29 is 24.7 Å². The van der Waals surface area contributed by atoms with Gasteiger partial charge in [-0.05, 0) is 50.1 Å². The van der Waals surface area contributed by atoms with Gasteiger partial charge in [-0.15, -0.1) is 0 Å². The molecule has 2 aromatic carbocycles. The number of hydrogen-bond acceptors (Lipinski definition) is 7. The Labute approximate surface area is 174 Å². The third-order valence-corrected chi connectivity index (χ3v) is 4.66. The fraction of sp³-hybridized carbons (Fsp3) is 0.0667. The first-order chi connectivity index (χ1) is 12.7. The van der Waals surface area contributed by atoms with E-state index in [0.29, 0.717) is 4.47 Å². The van der Waals surface area contributed by atoms with Gasteiger partial charge in [-0.25, -0.2) is 5.43 Å². The molecule has 0 aromatic heterocycles. The average molecular weight is 524 g/mol. The number of carbonyl (C=O) groups excluding carboxylic acids is 1. The standard InChI is InChI=1S/C15H10Br2ClN3O6/c16-9-3-7(14(23)13(17)15(9)24)5-19-20-12(22)6-27-11-2-1-8(18)4-10(11)21(25)26/h1-5,23-24H,6H2,(H,20,22)/b19-5-. The van der Waals surface area contributed by atoms with Crippen molar-refractivity contribution in [2.75, 3.05) is 6.61 Å². The van der Waals surface area contributed by atoms with Crippen molar-refractivity contribution in [3.63, 3.8) is 0 Å². The molecule has 0 radical (unpaired) electrons. The number of ether oxygens (including phenoxy) is 1. The van der Waals surface area contributed by atoms with Crippen LogP contribution in [0.1, 0.15) is 5.56 Å². The molecule has 9 nitrogen and oxygen atoms in total. The number of aromatic hydroxyl groups is 2. The molecule has 0 unspecified atom stereocenters. The second-order valence-corrected chi connectivity index (χ2v) is 6.99. The molecule has 2 rings (SSSR count). The number of hydrazone groups is 1. The maximum absolute atomic E-state index is 11.8. The van der Waals surface area contributed by atoms with Gasteiger partial charge in [0.1, 0.15) is 16.0 Å². The van der Waals surface area contributed by atoms with Crippen LogP contribution in [-0.2, 0) is 4.79 Å². The van der Waals surface area contributed by atoms with Crippen LogP contribution < -0.4 is 10.2 Å². The summed E-state index contributed by atoms with van der Waals surface area (Å²) in [5.74, 6) is -1.27. The molecule has 2 aromatic rings. The Bertz CT molecular complexity index is 938. The highest BCUT2D eigenvalue weighted by molar-refractivity contribution is 9.11. The van der Waals surface area contributed by atoms with Gasteiger partial charge in [0.25, 0.3) is 5.91 Å². The number of nitrogens with zero attached hydrogens (tertiary/aromatic N) is 2. The number of nitrogens with one attached hydrogen (secondary N) is 1. The van der Waals surface area contributed by atoms with E-state index >= 15 is 0 Å². The lowest BCUT2D eigenvalue weighted by Crippen LogP contribution is -2.24. The predicted molar refractivity (Wildman–Crippen MR) is 105 cm³/mol. The van der Waals surface area contributed by atoms with E-state index in [4.69, 9.17) is 16.3 Å². The minimum atomic E-state index is -0.688. The van der Waals surface area contributed by atoms with Gasteiger partial charge >= 0.3 is 5.69 Å². The van der Waals surface area contributed by atoms with E-state index in [1.54, 1.807) is 0 Å². The number of benzene rings is 2. The Balaban J connectivity index is 2.00. The highest BCUT2D eigenvalue weighted by atomic mass is 79.9. The van der Waals surface area contributed by atoms with Crippen LogP contribution in [-0.4, -0.2) is 33.9 Å². The minimum Gasteiger partial charge on any atom is -0.506 e. The summed E-state index contributed by atoms with van der Waals surface area (Å²) in [6.45, 7) is -0.533. The number of hydrogen-bond donors (Lipinski definition) is 3. The second-order valence-electron chi connectivity index (χ2n) is 4.91. The molecule has 0 heterocycles. The third-order valence-electron chi connectivity index (χ3n) is 3.07. The normalized spacial score (nSPS) is 10.8. The number of phenols is 2. The first-order valence-corrected chi connectivity index (χ1v) is 8.95. The number of nitro groups is 1. The van der Waals surface area contributed by atoms with Crippen molar-refractivity contribution in [2.24, 2.45) is 5.10 Å². The second kappa shape index (κ2) is 9.02. The Morgan fingerprint density at radius 2 is 2.04 bits per heavy atom. The molecule has 0 aliphatic carbocycles. The van der Waals surface area contributed by atoms with Gasteiger partial charge in [0, 0.05) is 16.7 Å². The highest BCUT2D eigenvalue weighted by Gasteiger charge is 2.17. The quantitative estimate of drug-likeness (QED) is 0.300. The Hall–Kier alpha value is -2.37. The fourth-order valence-electron chi connectivity index (χ4n) is 1.82. The van der Waals surface area contributed by atoms with Crippen molar-refractivity contribution in [2.45, 2.75) is 0 Å². The summed E-state index contributed by atoms with van der Waals surface area (Å²) in [6.07, 6.45) is 1.15. The van der Waals surface area contributed by atoms with E-state index in [-0.39, 0.29) is 38.0 Å². The number of halogens is 3. The van der Waals surface area contributed by atoms with Crippen molar-refractivity contribution >= 4 is 61.3 Å². The molecule has 0 spiro atoms. The van der Waals surface area contributed by atoms with Crippen LogP contribution in [0.5, 0.6) is 17.2 Å². The van der Waals surface area contributed by atoms with Crippen LogP contribution in [0.3, 0.4) is 0 Å². The molecule has 27 heavy (non-hydrogen) atoms. The van der Waals surface area contributed by atoms with Gasteiger partial charge in [-0.3, -0.25) is 14.9 Å². The zero-order valence-electron chi connectivity index (χ0n) is 13.1. The van der Waals surface area contributed by atoms with Crippen molar-refractivity contribution in [1.29, 1.82) is 0 Å². The van der Waals surface area contributed by atoms with Gasteiger partial charge in [-0.1, -0.05) is 11.6 Å². The van der Waals surface area contributed by atoms with Crippen LogP contribution in [0.2, 0.25) is 5.02 Å². The zero-order valence-corrected chi connectivity index (χ0v) is 17.1. The van der Waals surface area contributed by atoms with Crippen LogP contribution in [0, 0.1) is 10.1 Å². The van der Waals surface area contributed by atoms with Gasteiger partial charge < -0.3 is 14.9 Å². The van der Waals surface area contributed by atoms with Crippen molar-refractivity contribution in [3.8, 4) is 17.2 Å². The predicted octanol–water partition coefficient (Wildman–Crippen LogP) is 3.71. The van der Waals surface area contributed by atoms with Gasteiger partial charge in [0.05, 0.1) is 15.6 Å². The lowest BCUT2D eigenvalue weighted by atomic mass is 10.2. The fourth-order valence-corrected chi connectivity index (χ4v) is 3.14. The lowest BCUT2D eigenvalue weighted by molar-refractivity contribution is -0.385. The monoisotopic (exact) mass is 521 g/mol. The van der Waals surface area contributed by atoms with E-state index < -0.39 is 17.4 Å². The molecule has 142 valence electrons.